The first kappa shape index (κ1) is 14.6. The third kappa shape index (κ3) is 3.42. The van der Waals surface area contributed by atoms with Crippen molar-refractivity contribution in [3.05, 3.63) is 58.1 Å². The van der Waals surface area contributed by atoms with Gasteiger partial charge in [0.05, 0.1) is 31.3 Å². The summed E-state index contributed by atoms with van der Waals surface area (Å²) in [5, 5.41) is 10.9. The zero-order chi connectivity index (χ0) is 15.2. The van der Waals surface area contributed by atoms with Gasteiger partial charge in [-0.15, -0.1) is 0 Å². The molecule has 0 radical (unpaired) electrons. The summed E-state index contributed by atoms with van der Waals surface area (Å²) >= 11 is 0. The van der Waals surface area contributed by atoms with Crippen LogP contribution < -0.4 is 14.2 Å². The summed E-state index contributed by atoms with van der Waals surface area (Å²) in [5.74, 6) is 0.862. The molecular formula is C15H15NO5. The molecule has 0 amide bonds. The summed E-state index contributed by atoms with van der Waals surface area (Å²) in [7, 11) is 2.88. The molecule has 0 aliphatic carbocycles. The molecule has 0 fully saturated rings. The molecule has 0 atom stereocenters. The second-order valence-corrected chi connectivity index (χ2v) is 4.21. The Bertz CT molecular complexity index is 627. The van der Waals surface area contributed by atoms with Crippen molar-refractivity contribution in [1.29, 1.82) is 0 Å². The Morgan fingerprint density at radius 1 is 1.05 bits per heavy atom. The highest BCUT2D eigenvalue weighted by atomic mass is 16.6. The molecule has 2 aromatic rings. The van der Waals surface area contributed by atoms with E-state index >= 15 is 0 Å². The van der Waals surface area contributed by atoms with Crippen molar-refractivity contribution in [1.82, 2.24) is 0 Å². The van der Waals surface area contributed by atoms with Crippen LogP contribution in [0.15, 0.2) is 42.5 Å². The zero-order valence-corrected chi connectivity index (χ0v) is 11.7. The summed E-state index contributed by atoms with van der Waals surface area (Å²) in [6, 6.07) is 12.1. The maximum atomic E-state index is 10.9. The van der Waals surface area contributed by atoms with Gasteiger partial charge in [0.1, 0.15) is 6.61 Å². The van der Waals surface area contributed by atoms with E-state index in [0.717, 1.165) is 5.56 Å². The molecule has 0 bridgehead atoms. The number of hydrogen-bond donors (Lipinski definition) is 0. The van der Waals surface area contributed by atoms with Crippen molar-refractivity contribution >= 4 is 5.69 Å². The van der Waals surface area contributed by atoms with E-state index in [-0.39, 0.29) is 23.8 Å². The minimum Gasteiger partial charge on any atom is -0.492 e. The van der Waals surface area contributed by atoms with Gasteiger partial charge >= 0.3 is 0 Å². The molecule has 2 rings (SSSR count). The Kier molecular flexibility index (Phi) is 4.61. The fourth-order valence-electron chi connectivity index (χ4n) is 1.86. The Morgan fingerprint density at radius 3 is 2.29 bits per heavy atom. The highest BCUT2D eigenvalue weighted by Gasteiger charge is 2.19. The van der Waals surface area contributed by atoms with Gasteiger partial charge < -0.3 is 14.2 Å². The molecule has 6 nitrogen and oxygen atoms in total. The molecule has 0 saturated carbocycles. The van der Waals surface area contributed by atoms with Crippen molar-refractivity contribution in [3.8, 4) is 17.2 Å². The topological polar surface area (TPSA) is 70.8 Å². The van der Waals surface area contributed by atoms with Gasteiger partial charge in [-0.25, -0.2) is 0 Å². The lowest BCUT2D eigenvalue weighted by molar-refractivity contribution is -0.385. The van der Waals surface area contributed by atoms with Gasteiger partial charge in [-0.2, -0.15) is 0 Å². The molecule has 0 heterocycles. The molecule has 21 heavy (non-hydrogen) atoms. The molecule has 6 heteroatoms. The zero-order valence-electron chi connectivity index (χ0n) is 11.7. The molecule has 0 unspecified atom stereocenters. The fraction of sp³-hybridized carbons (Fsp3) is 0.200. The van der Waals surface area contributed by atoms with Crippen molar-refractivity contribution in [2.75, 3.05) is 14.2 Å². The second-order valence-electron chi connectivity index (χ2n) is 4.21. The second kappa shape index (κ2) is 6.60. The number of rotatable bonds is 6. The molecule has 0 saturated heterocycles. The lowest BCUT2D eigenvalue weighted by Gasteiger charge is -2.13. The van der Waals surface area contributed by atoms with E-state index in [4.69, 9.17) is 14.2 Å². The molecule has 2 aromatic carbocycles. The maximum absolute atomic E-state index is 10.9. The van der Waals surface area contributed by atoms with E-state index < -0.39 is 4.92 Å². The van der Waals surface area contributed by atoms with Gasteiger partial charge in [0.15, 0.2) is 11.5 Å². The van der Waals surface area contributed by atoms with Crippen LogP contribution in [0.3, 0.4) is 0 Å². The number of benzene rings is 2. The summed E-state index contributed by atoms with van der Waals surface area (Å²) in [5.41, 5.74) is 0.834. The molecule has 0 spiro atoms. The van der Waals surface area contributed by atoms with Crippen molar-refractivity contribution in [2.24, 2.45) is 0 Å². The lowest BCUT2D eigenvalue weighted by Crippen LogP contribution is -2.01. The SMILES string of the molecule is COc1cc([N+](=O)[O-])cc(OCc2ccccc2)c1OC. The number of nitro groups is 1. The Labute approximate surface area is 122 Å². The summed E-state index contributed by atoms with van der Waals surface area (Å²) in [4.78, 5) is 10.4. The quantitative estimate of drug-likeness (QED) is 0.603. The number of methoxy groups -OCH3 is 2. The largest absolute Gasteiger partial charge is 0.492 e. The van der Waals surface area contributed by atoms with Crippen LogP contribution in [0.4, 0.5) is 5.69 Å². The lowest BCUT2D eigenvalue weighted by atomic mass is 10.2. The first-order valence-electron chi connectivity index (χ1n) is 6.23. The van der Waals surface area contributed by atoms with Crippen LogP contribution in [0, 0.1) is 10.1 Å². The normalized spacial score (nSPS) is 10.0. The Morgan fingerprint density at radius 2 is 1.71 bits per heavy atom. The van der Waals surface area contributed by atoms with E-state index in [1.165, 1.54) is 26.4 Å². The minimum absolute atomic E-state index is 0.115. The molecule has 0 aliphatic rings. The van der Waals surface area contributed by atoms with Crippen LogP contribution in [0.25, 0.3) is 0 Å². The Balaban J connectivity index is 2.31. The highest BCUT2D eigenvalue weighted by molar-refractivity contribution is 5.58. The van der Waals surface area contributed by atoms with E-state index in [9.17, 15) is 10.1 Å². The van der Waals surface area contributed by atoms with E-state index in [2.05, 4.69) is 0 Å². The maximum Gasteiger partial charge on any atom is 0.277 e. The van der Waals surface area contributed by atoms with E-state index in [1.807, 2.05) is 30.3 Å². The van der Waals surface area contributed by atoms with Crippen molar-refractivity contribution < 1.29 is 19.1 Å². The standard InChI is InChI=1S/C15H15NO5/c1-19-13-8-12(16(17)18)9-14(15(13)20-2)21-10-11-6-4-3-5-7-11/h3-9H,10H2,1-2H3. The van der Waals surface area contributed by atoms with Crippen molar-refractivity contribution in [3.63, 3.8) is 0 Å². The predicted molar refractivity (Wildman–Crippen MR) is 77.0 cm³/mol. The molecular weight excluding hydrogens is 274 g/mol. The van der Waals surface area contributed by atoms with E-state index in [0.29, 0.717) is 5.75 Å². The van der Waals surface area contributed by atoms with Gasteiger partial charge in [-0.3, -0.25) is 10.1 Å². The summed E-state index contributed by atoms with van der Waals surface area (Å²) in [6.45, 7) is 0.279. The van der Waals surface area contributed by atoms with Crippen LogP contribution in [0.5, 0.6) is 17.2 Å². The number of nitro benzene ring substituents is 1. The smallest absolute Gasteiger partial charge is 0.277 e. The highest BCUT2D eigenvalue weighted by Crippen LogP contribution is 2.41. The van der Waals surface area contributed by atoms with Crippen LogP contribution >= 0.6 is 0 Å². The number of hydrogen-bond acceptors (Lipinski definition) is 5. The number of ether oxygens (including phenoxy) is 3. The molecule has 0 N–H and O–H groups in total. The summed E-state index contributed by atoms with van der Waals surface area (Å²) in [6.07, 6.45) is 0. The van der Waals surface area contributed by atoms with Gasteiger partial charge in [-0.1, -0.05) is 30.3 Å². The first-order valence-corrected chi connectivity index (χ1v) is 6.23. The first-order chi connectivity index (χ1) is 10.2. The van der Waals surface area contributed by atoms with Crippen LogP contribution in [0.2, 0.25) is 0 Å². The number of nitrogens with zero attached hydrogens (tertiary/aromatic N) is 1. The number of non-ortho nitro benzene ring substituents is 1. The third-order valence-corrected chi connectivity index (χ3v) is 2.88. The minimum atomic E-state index is -0.503. The van der Waals surface area contributed by atoms with Crippen LogP contribution in [0.1, 0.15) is 5.56 Å². The van der Waals surface area contributed by atoms with E-state index in [1.54, 1.807) is 0 Å². The van der Waals surface area contributed by atoms with Gasteiger partial charge in [0, 0.05) is 0 Å². The predicted octanol–water partition coefficient (Wildman–Crippen LogP) is 3.19. The fourth-order valence-corrected chi connectivity index (χ4v) is 1.86. The average Bonchev–Trinajstić information content (AvgIpc) is 2.52. The van der Waals surface area contributed by atoms with Crippen LogP contribution in [-0.4, -0.2) is 19.1 Å². The third-order valence-electron chi connectivity index (χ3n) is 2.88. The Hall–Kier alpha value is -2.76. The molecule has 0 aliphatic heterocycles. The van der Waals surface area contributed by atoms with Crippen LogP contribution in [-0.2, 0) is 6.61 Å². The van der Waals surface area contributed by atoms with Gasteiger partial charge in [-0.05, 0) is 5.56 Å². The van der Waals surface area contributed by atoms with Gasteiger partial charge in [0.25, 0.3) is 5.69 Å². The van der Waals surface area contributed by atoms with Crippen molar-refractivity contribution in [2.45, 2.75) is 6.61 Å². The molecule has 110 valence electrons. The average molecular weight is 289 g/mol. The monoisotopic (exact) mass is 289 g/mol. The molecule has 0 aromatic heterocycles. The van der Waals surface area contributed by atoms with Gasteiger partial charge in [0.2, 0.25) is 5.75 Å². The summed E-state index contributed by atoms with van der Waals surface area (Å²) < 4.78 is 16.0.